The van der Waals surface area contributed by atoms with E-state index in [4.69, 9.17) is 0 Å². The largest absolute Gasteiger partial charge is 0.369 e. The first-order valence-electron chi connectivity index (χ1n) is 7.10. The van der Waals surface area contributed by atoms with Gasteiger partial charge in [-0.05, 0) is 44.7 Å². The van der Waals surface area contributed by atoms with Gasteiger partial charge in [0.15, 0.2) is 0 Å². The molecule has 3 aromatic heterocycles. The van der Waals surface area contributed by atoms with Crippen LogP contribution >= 0.6 is 11.3 Å². The van der Waals surface area contributed by atoms with Crippen molar-refractivity contribution in [1.82, 2.24) is 20.2 Å². The summed E-state index contributed by atoms with van der Waals surface area (Å²) in [5, 5.41) is 11.6. The lowest BCUT2D eigenvalue weighted by Crippen LogP contribution is -2.05. The number of aromatic amines is 1. The van der Waals surface area contributed by atoms with Crippen LogP contribution in [0.2, 0.25) is 0 Å². The number of hydrogen-bond donors (Lipinski definition) is 2. The fourth-order valence-electron chi connectivity index (χ4n) is 2.43. The average molecular weight is 301 g/mol. The molecular weight excluding hydrogens is 282 g/mol. The lowest BCUT2D eigenvalue weighted by atomic mass is 10.1. The van der Waals surface area contributed by atoms with Crippen LogP contribution in [-0.4, -0.2) is 26.7 Å². The number of fused-ring (bicyclic) bond motifs is 1. The maximum atomic E-state index is 4.40. The van der Waals surface area contributed by atoms with Crippen molar-refractivity contribution in [2.45, 2.75) is 33.6 Å². The molecule has 0 spiro atoms. The van der Waals surface area contributed by atoms with Gasteiger partial charge in [-0.15, -0.1) is 11.3 Å². The van der Waals surface area contributed by atoms with Gasteiger partial charge in [-0.2, -0.15) is 5.10 Å². The van der Waals surface area contributed by atoms with Gasteiger partial charge in [-0.25, -0.2) is 9.97 Å². The van der Waals surface area contributed by atoms with Crippen molar-refractivity contribution in [1.29, 1.82) is 0 Å². The van der Waals surface area contributed by atoms with E-state index in [1.807, 2.05) is 6.20 Å². The number of hydrogen-bond acceptors (Lipinski definition) is 5. The Balaban J connectivity index is 1.67. The minimum atomic E-state index is 0.894. The number of anilines is 1. The van der Waals surface area contributed by atoms with Crippen molar-refractivity contribution in [3.8, 4) is 0 Å². The summed E-state index contributed by atoms with van der Waals surface area (Å²) in [5.74, 6) is 0.950. The molecule has 0 saturated heterocycles. The summed E-state index contributed by atoms with van der Waals surface area (Å²) < 4.78 is 0. The summed E-state index contributed by atoms with van der Waals surface area (Å²) in [5.41, 5.74) is 3.72. The zero-order chi connectivity index (χ0) is 14.8. The molecule has 110 valence electrons. The molecule has 2 N–H and O–H groups in total. The number of thiophene rings is 1. The second-order valence-electron chi connectivity index (χ2n) is 5.24. The van der Waals surface area contributed by atoms with Crippen LogP contribution in [0.3, 0.4) is 0 Å². The summed E-state index contributed by atoms with van der Waals surface area (Å²) in [7, 11) is 0. The monoisotopic (exact) mass is 301 g/mol. The fourth-order valence-corrected chi connectivity index (χ4v) is 3.43. The van der Waals surface area contributed by atoms with Crippen molar-refractivity contribution < 1.29 is 0 Å². The van der Waals surface area contributed by atoms with Gasteiger partial charge >= 0.3 is 0 Å². The average Bonchev–Trinajstić information content (AvgIpc) is 3.00. The number of nitrogens with one attached hydrogen (secondary N) is 2. The van der Waals surface area contributed by atoms with Crippen LogP contribution in [0.1, 0.15) is 28.1 Å². The first kappa shape index (κ1) is 14.0. The van der Waals surface area contributed by atoms with Gasteiger partial charge in [-0.1, -0.05) is 0 Å². The third-order valence-corrected chi connectivity index (χ3v) is 4.93. The maximum Gasteiger partial charge on any atom is 0.138 e. The van der Waals surface area contributed by atoms with E-state index in [9.17, 15) is 0 Å². The molecule has 3 heterocycles. The lowest BCUT2D eigenvalue weighted by molar-refractivity contribution is 0.854. The van der Waals surface area contributed by atoms with E-state index in [0.717, 1.165) is 35.7 Å². The van der Waals surface area contributed by atoms with E-state index in [-0.39, 0.29) is 0 Å². The molecular formula is C15H19N5S. The van der Waals surface area contributed by atoms with Gasteiger partial charge in [0.05, 0.1) is 11.6 Å². The molecule has 0 aliphatic heterocycles. The summed E-state index contributed by atoms with van der Waals surface area (Å²) in [6.45, 7) is 7.22. The van der Waals surface area contributed by atoms with Crippen molar-refractivity contribution in [3.63, 3.8) is 0 Å². The lowest BCUT2D eigenvalue weighted by Gasteiger charge is -2.07. The zero-order valence-corrected chi connectivity index (χ0v) is 13.3. The highest BCUT2D eigenvalue weighted by atomic mass is 32.1. The quantitative estimate of drug-likeness (QED) is 0.709. The predicted molar refractivity (Wildman–Crippen MR) is 87.0 cm³/mol. The summed E-state index contributed by atoms with van der Waals surface area (Å²) in [6.07, 6.45) is 5.62. The fraction of sp³-hybridized carbons (Fsp3) is 0.400. The van der Waals surface area contributed by atoms with Gasteiger partial charge in [-0.3, -0.25) is 5.10 Å². The topological polar surface area (TPSA) is 66.5 Å². The van der Waals surface area contributed by atoms with Crippen LogP contribution in [0, 0.1) is 20.8 Å². The smallest absolute Gasteiger partial charge is 0.138 e. The SMILES string of the molecule is Cc1[nH]ncc1CCCNc1ncnc2sc(C)c(C)c12. The molecule has 0 bridgehead atoms. The molecule has 0 aromatic carbocycles. The van der Waals surface area contributed by atoms with Gasteiger partial charge in [0.25, 0.3) is 0 Å². The van der Waals surface area contributed by atoms with E-state index in [2.05, 4.69) is 46.3 Å². The molecule has 0 radical (unpaired) electrons. The van der Waals surface area contributed by atoms with Gasteiger partial charge in [0.1, 0.15) is 17.0 Å². The Bertz CT molecular complexity index is 759. The predicted octanol–water partition coefficient (Wildman–Crippen LogP) is 3.38. The van der Waals surface area contributed by atoms with Crippen molar-refractivity contribution in [3.05, 3.63) is 34.2 Å². The highest BCUT2D eigenvalue weighted by molar-refractivity contribution is 7.18. The van der Waals surface area contributed by atoms with E-state index >= 15 is 0 Å². The molecule has 21 heavy (non-hydrogen) atoms. The van der Waals surface area contributed by atoms with Crippen molar-refractivity contribution >= 4 is 27.4 Å². The molecule has 0 amide bonds. The van der Waals surface area contributed by atoms with E-state index in [1.54, 1.807) is 17.7 Å². The van der Waals surface area contributed by atoms with Crippen LogP contribution < -0.4 is 5.32 Å². The number of aryl methyl sites for hydroxylation is 4. The molecule has 6 heteroatoms. The van der Waals surface area contributed by atoms with Crippen LogP contribution in [0.25, 0.3) is 10.2 Å². The van der Waals surface area contributed by atoms with Crippen molar-refractivity contribution in [2.75, 3.05) is 11.9 Å². The standard InChI is InChI=1S/C15H19N5S/c1-9-11(3)21-15-13(9)14(17-8-18-15)16-6-4-5-12-7-19-20-10(12)2/h7-8H,4-6H2,1-3H3,(H,19,20)(H,16,17,18). The molecule has 0 aliphatic rings. The Hall–Kier alpha value is -1.95. The van der Waals surface area contributed by atoms with Crippen LogP contribution in [0.15, 0.2) is 12.5 Å². The Labute approximate surface area is 127 Å². The second kappa shape index (κ2) is 5.81. The molecule has 5 nitrogen and oxygen atoms in total. The van der Waals surface area contributed by atoms with Crippen LogP contribution in [0.4, 0.5) is 5.82 Å². The summed E-state index contributed by atoms with van der Waals surface area (Å²) in [4.78, 5) is 11.1. The number of rotatable bonds is 5. The van der Waals surface area contributed by atoms with Crippen LogP contribution in [-0.2, 0) is 6.42 Å². The molecule has 0 unspecified atom stereocenters. The minimum Gasteiger partial charge on any atom is -0.369 e. The van der Waals surface area contributed by atoms with Gasteiger partial charge in [0.2, 0.25) is 0 Å². The Kier molecular flexibility index (Phi) is 3.88. The number of H-pyrrole nitrogens is 1. The van der Waals surface area contributed by atoms with Crippen LogP contribution in [0.5, 0.6) is 0 Å². The van der Waals surface area contributed by atoms with Gasteiger partial charge < -0.3 is 5.32 Å². The zero-order valence-electron chi connectivity index (χ0n) is 12.5. The third kappa shape index (κ3) is 2.76. The minimum absolute atomic E-state index is 0.894. The molecule has 3 rings (SSSR count). The van der Waals surface area contributed by atoms with E-state index in [1.165, 1.54) is 21.4 Å². The van der Waals surface area contributed by atoms with Gasteiger partial charge in [0, 0.05) is 17.1 Å². The highest BCUT2D eigenvalue weighted by Crippen LogP contribution is 2.32. The maximum absolute atomic E-state index is 4.40. The highest BCUT2D eigenvalue weighted by Gasteiger charge is 2.11. The Morgan fingerprint density at radius 2 is 2.10 bits per heavy atom. The number of aromatic nitrogens is 4. The molecule has 0 atom stereocenters. The molecule has 0 saturated carbocycles. The second-order valence-corrected chi connectivity index (χ2v) is 6.44. The summed E-state index contributed by atoms with van der Waals surface area (Å²) in [6, 6.07) is 0. The summed E-state index contributed by atoms with van der Waals surface area (Å²) >= 11 is 1.73. The number of nitrogens with zero attached hydrogens (tertiary/aromatic N) is 3. The Morgan fingerprint density at radius 3 is 2.86 bits per heavy atom. The van der Waals surface area contributed by atoms with E-state index in [0.29, 0.717) is 0 Å². The Morgan fingerprint density at radius 1 is 1.24 bits per heavy atom. The third-order valence-electron chi connectivity index (χ3n) is 3.82. The normalized spacial score (nSPS) is 11.2. The van der Waals surface area contributed by atoms with E-state index < -0.39 is 0 Å². The molecule has 3 aromatic rings. The molecule has 0 aliphatic carbocycles. The first-order valence-corrected chi connectivity index (χ1v) is 7.92. The van der Waals surface area contributed by atoms with Crippen molar-refractivity contribution in [2.24, 2.45) is 0 Å². The first-order chi connectivity index (χ1) is 10.2. The molecule has 0 fully saturated rings.